The van der Waals surface area contributed by atoms with Gasteiger partial charge < -0.3 is 10.6 Å². The molecule has 0 radical (unpaired) electrons. The Balaban J connectivity index is 2.33. The number of nitrogens with zero attached hydrogens (tertiary/aromatic N) is 2. The van der Waals surface area contributed by atoms with Gasteiger partial charge in [0.25, 0.3) is 5.91 Å². The smallest absolute Gasteiger partial charge is 0.254 e. The van der Waals surface area contributed by atoms with E-state index in [9.17, 15) is 4.79 Å². The summed E-state index contributed by atoms with van der Waals surface area (Å²) < 4.78 is 0.825. The average Bonchev–Trinajstić information content (AvgIpc) is 2.57. The molecule has 5 heteroatoms. The van der Waals surface area contributed by atoms with Crippen LogP contribution < -0.4 is 5.73 Å². The molecular formula is C12H10BrN3O. The van der Waals surface area contributed by atoms with E-state index >= 15 is 0 Å². The molecule has 4 nitrogen and oxygen atoms in total. The summed E-state index contributed by atoms with van der Waals surface area (Å²) in [4.78, 5) is 13.6. The fraction of sp³-hybridized carbons (Fsp3) is 0.167. The molecule has 0 bridgehead atoms. The number of benzene rings is 1. The standard InChI is InChI=1S/C12H10BrN3O/c1-7(4-14)5-16-6-10-9(12(16)17)2-8(15)3-11(10)13/h2-3H,1,5-6,15H2. The van der Waals surface area contributed by atoms with Gasteiger partial charge in [0.1, 0.15) is 0 Å². The van der Waals surface area contributed by atoms with Crippen LogP contribution in [0.25, 0.3) is 0 Å². The van der Waals surface area contributed by atoms with Crippen LogP contribution in [0.4, 0.5) is 5.69 Å². The van der Waals surface area contributed by atoms with Gasteiger partial charge >= 0.3 is 0 Å². The number of hydrogen-bond donors (Lipinski definition) is 1. The molecule has 0 atom stereocenters. The molecule has 0 spiro atoms. The molecule has 1 aromatic carbocycles. The third-order valence-corrected chi connectivity index (χ3v) is 3.33. The maximum Gasteiger partial charge on any atom is 0.254 e. The van der Waals surface area contributed by atoms with Crippen LogP contribution in [0.15, 0.2) is 28.8 Å². The van der Waals surface area contributed by atoms with Gasteiger partial charge in [-0.05, 0) is 17.7 Å². The summed E-state index contributed by atoms with van der Waals surface area (Å²) in [5.41, 5.74) is 8.12. The molecule has 1 amide bonds. The normalized spacial score (nSPS) is 13.4. The molecule has 0 saturated heterocycles. The van der Waals surface area contributed by atoms with Gasteiger partial charge in [-0.15, -0.1) is 0 Å². The number of halogens is 1. The Labute approximate surface area is 107 Å². The number of nitrogen functional groups attached to an aromatic ring is 1. The highest BCUT2D eigenvalue weighted by Gasteiger charge is 2.29. The number of carbonyl (C=O) groups is 1. The van der Waals surface area contributed by atoms with E-state index in [-0.39, 0.29) is 12.5 Å². The Hall–Kier alpha value is -1.80. The van der Waals surface area contributed by atoms with Gasteiger partial charge in [-0.1, -0.05) is 22.5 Å². The number of fused-ring (bicyclic) bond motifs is 1. The topological polar surface area (TPSA) is 70.1 Å². The van der Waals surface area contributed by atoms with E-state index in [1.807, 2.05) is 6.07 Å². The fourth-order valence-electron chi connectivity index (χ4n) is 1.84. The molecule has 1 aliphatic heterocycles. The second kappa shape index (κ2) is 4.22. The summed E-state index contributed by atoms with van der Waals surface area (Å²) in [7, 11) is 0. The zero-order valence-corrected chi connectivity index (χ0v) is 10.6. The molecule has 0 unspecified atom stereocenters. The minimum atomic E-state index is -0.107. The van der Waals surface area contributed by atoms with E-state index in [1.165, 1.54) is 0 Å². The van der Waals surface area contributed by atoms with Gasteiger partial charge in [-0.3, -0.25) is 4.79 Å². The van der Waals surface area contributed by atoms with E-state index < -0.39 is 0 Å². The van der Waals surface area contributed by atoms with E-state index in [0.29, 0.717) is 23.4 Å². The van der Waals surface area contributed by atoms with Crippen molar-refractivity contribution in [1.29, 1.82) is 5.26 Å². The number of nitrogens with two attached hydrogens (primary N) is 1. The van der Waals surface area contributed by atoms with Gasteiger partial charge in [0.05, 0.1) is 12.6 Å². The van der Waals surface area contributed by atoms with Gasteiger partial charge in [-0.25, -0.2) is 0 Å². The number of nitriles is 1. The van der Waals surface area contributed by atoms with Gasteiger partial charge in [0.2, 0.25) is 0 Å². The van der Waals surface area contributed by atoms with Crippen molar-refractivity contribution in [3.63, 3.8) is 0 Å². The monoisotopic (exact) mass is 291 g/mol. The third-order valence-electron chi connectivity index (χ3n) is 2.62. The van der Waals surface area contributed by atoms with Crippen LogP contribution >= 0.6 is 15.9 Å². The number of carbonyl (C=O) groups excluding carboxylic acids is 1. The van der Waals surface area contributed by atoms with Crippen molar-refractivity contribution in [2.45, 2.75) is 6.54 Å². The maximum atomic E-state index is 12.1. The highest BCUT2D eigenvalue weighted by Crippen LogP contribution is 2.31. The van der Waals surface area contributed by atoms with Crippen LogP contribution in [0, 0.1) is 11.3 Å². The summed E-state index contributed by atoms with van der Waals surface area (Å²) in [6.07, 6.45) is 0. The highest BCUT2D eigenvalue weighted by molar-refractivity contribution is 9.10. The lowest BCUT2D eigenvalue weighted by molar-refractivity contribution is 0.0794. The number of anilines is 1. The first-order chi connectivity index (χ1) is 8.02. The Morgan fingerprint density at radius 2 is 2.35 bits per heavy atom. The largest absolute Gasteiger partial charge is 0.399 e. The molecular weight excluding hydrogens is 282 g/mol. The lowest BCUT2D eigenvalue weighted by Gasteiger charge is -2.13. The van der Waals surface area contributed by atoms with Gasteiger partial charge in [0.15, 0.2) is 0 Å². The number of hydrogen-bond acceptors (Lipinski definition) is 3. The van der Waals surface area contributed by atoms with Crippen molar-refractivity contribution in [2.24, 2.45) is 0 Å². The predicted molar refractivity (Wildman–Crippen MR) is 68.0 cm³/mol. The lowest BCUT2D eigenvalue weighted by atomic mass is 10.1. The minimum Gasteiger partial charge on any atom is -0.399 e. The second-order valence-corrected chi connectivity index (χ2v) is 4.76. The molecule has 1 heterocycles. The molecule has 0 saturated carbocycles. The van der Waals surface area contributed by atoms with Crippen molar-refractivity contribution in [3.8, 4) is 6.07 Å². The molecule has 1 aromatic rings. The lowest BCUT2D eigenvalue weighted by Crippen LogP contribution is -2.25. The molecule has 0 fully saturated rings. The van der Waals surface area contributed by atoms with Crippen LogP contribution in [0.2, 0.25) is 0 Å². The van der Waals surface area contributed by atoms with Crippen molar-refractivity contribution in [3.05, 3.63) is 39.9 Å². The van der Waals surface area contributed by atoms with E-state index in [0.717, 1.165) is 10.0 Å². The minimum absolute atomic E-state index is 0.107. The SMILES string of the molecule is C=C(C#N)CN1Cc2c(Br)cc(N)cc2C1=O. The molecule has 2 N–H and O–H groups in total. The predicted octanol–water partition coefficient (Wildman–Crippen LogP) is 2.07. The summed E-state index contributed by atoms with van der Waals surface area (Å²) in [6.45, 7) is 4.32. The van der Waals surface area contributed by atoms with Crippen LogP contribution in [0.3, 0.4) is 0 Å². The Bertz CT molecular complexity index is 560. The van der Waals surface area contributed by atoms with Crippen LogP contribution in [-0.2, 0) is 6.54 Å². The van der Waals surface area contributed by atoms with Crippen LogP contribution in [-0.4, -0.2) is 17.4 Å². The van der Waals surface area contributed by atoms with Gasteiger partial charge in [0, 0.05) is 27.8 Å². The highest BCUT2D eigenvalue weighted by atomic mass is 79.9. The molecule has 2 rings (SSSR count). The van der Waals surface area contributed by atoms with E-state index in [1.54, 1.807) is 17.0 Å². The fourth-order valence-corrected chi connectivity index (χ4v) is 2.44. The summed E-state index contributed by atoms with van der Waals surface area (Å²) in [5, 5.41) is 8.68. The Morgan fingerprint density at radius 3 is 3.00 bits per heavy atom. The van der Waals surface area contributed by atoms with E-state index in [2.05, 4.69) is 22.5 Å². The summed E-state index contributed by atoms with van der Waals surface area (Å²) in [6, 6.07) is 5.38. The van der Waals surface area contributed by atoms with Crippen LogP contribution in [0.5, 0.6) is 0 Å². The first-order valence-corrected chi connectivity index (χ1v) is 5.77. The molecule has 0 aromatic heterocycles. The molecule has 86 valence electrons. The van der Waals surface area contributed by atoms with Gasteiger partial charge in [-0.2, -0.15) is 5.26 Å². The zero-order valence-electron chi connectivity index (χ0n) is 9.03. The Kier molecular flexibility index (Phi) is 2.90. The first-order valence-electron chi connectivity index (χ1n) is 4.98. The molecule has 17 heavy (non-hydrogen) atoms. The average molecular weight is 292 g/mol. The number of amides is 1. The second-order valence-electron chi connectivity index (χ2n) is 3.91. The molecule has 0 aliphatic carbocycles. The van der Waals surface area contributed by atoms with Crippen molar-refractivity contribution in [1.82, 2.24) is 4.90 Å². The maximum absolute atomic E-state index is 12.1. The molecule has 1 aliphatic rings. The number of rotatable bonds is 2. The quantitative estimate of drug-likeness (QED) is 0.670. The van der Waals surface area contributed by atoms with E-state index in [4.69, 9.17) is 11.0 Å². The first kappa shape index (κ1) is 11.7. The third kappa shape index (κ3) is 2.04. The van der Waals surface area contributed by atoms with Crippen molar-refractivity contribution < 1.29 is 4.79 Å². The Morgan fingerprint density at radius 1 is 1.65 bits per heavy atom. The van der Waals surface area contributed by atoms with Crippen molar-refractivity contribution in [2.75, 3.05) is 12.3 Å². The summed E-state index contributed by atoms with van der Waals surface area (Å²) in [5.74, 6) is -0.107. The van der Waals surface area contributed by atoms with Crippen molar-refractivity contribution >= 4 is 27.5 Å². The zero-order chi connectivity index (χ0) is 12.6. The summed E-state index contributed by atoms with van der Waals surface area (Å²) >= 11 is 3.39. The van der Waals surface area contributed by atoms with Crippen LogP contribution in [0.1, 0.15) is 15.9 Å².